The van der Waals surface area contributed by atoms with Crippen LogP contribution in [0, 0.1) is 17.7 Å². The highest BCUT2D eigenvalue weighted by Gasteiger charge is 1.93. The third-order valence-corrected chi connectivity index (χ3v) is 1.05. The zero-order chi connectivity index (χ0) is 16.3. The smallest absolute Gasteiger partial charge is 0.225 e. The first-order valence-corrected chi connectivity index (χ1v) is 5.20. The minimum Gasteiger partial charge on any atom is -0.370 e. The summed E-state index contributed by atoms with van der Waals surface area (Å²) in [6.07, 6.45) is 0. The lowest BCUT2D eigenvalue weighted by Crippen LogP contribution is -2.39. The van der Waals surface area contributed by atoms with Gasteiger partial charge in [-0.05, 0) is 20.8 Å². The number of anilines is 2. The molecule has 1 rings (SSSR count). The molecule has 11 N–H and O–H groups in total. The first-order chi connectivity index (χ1) is 9.04. The molecule has 0 aromatic carbocycles. The van der Waals surface area contributed by atoms with Crippen molar-refractivity contribution in [3.05, 3.63) is 5.82 Å². The molecule has 0 aliphatic rings. The van der Waals surface area contributed by atoms with Crippen LogP contribution in [0.1, 0.15) is 27.1 Å². The van der Waals surface area contributed by atoms with Gasteiger partial charge in [0, 0.05) is 0 Å². The van der Waals surface area contributed by atoms with Gasteiger partial charge in [-0.1, -0.05) is 7.43 Å². The summed E-state index contributed by atoms with van der Waals surface area (Å²) in [5.41, 5.74) is 19.9. The molecule has 0 aliphatic carbocycles. The van der Waals surface area contributed by atoms with Crippen molar-refractivity contribution < 1.29 is 4.79 Å². The van der Waals surface area contributed by atoms with Crippen LogP contribution in [0.5, 0.6) is 0 Å². The minimum atomic E-state index is -0.312. The van der Waals surface area contributed by atoms with Gasteiger partial charge in [-0.3, -0.25) is 16.1 Å². The number of nitrogens with one attached hydrogen (secondary N) is 3. The predicted molar refractivity (Wildman–Crippen MR) is 83.4 cm³/mol. The molecule has 0 saturated heterocycles. The maximum atomic E-state index is 9.44. The van der Waals surface area contributed by atoms with Crippen molar-refractivity contribution in [1.82, 2.24) is 20.3 Å². The van der Waals surface area contributed by atoms with E-state index in [2.05, 4.69) is 15.0 Å². The van der Waals surface area contributed by atoms with Crippen molar-refractivity contribution in [1.29, 1.82) is 10.8 Å². The number of nitrogen functional groups attached to an aromatic ring is 2. The maximum Gasteiger partial charge on any atom is 0.225 e. The molecule has 1 aromatic rings. The lowest BCUT2D eigenvalue weighted by Gasteiger charge is -1.95. The summed E-state index contributed by atoms with van der Waals surface area (Å²) in [6.45, 7) is 4.76. The molecule has 0 spiro atoms. The number of hydrogen-bond acceptors (Lipinski definition) is 8. The summed E-state index contributed by atoms with van der Waals surface area (Å²) in [7, 11) is 0. The number of carbonyl (C=O) groups excluding carboxylic acids is 1. The first kappa shape index (κ1) is 23.1. The third-order valence-electron chi connectivity index (χ3n) is 1.05. The number of aryl methyl sites for hydroxylation is 1. The number of guanidine groups is 2. The molecule has 0 radical (unpaired) electrons. The van der Waals surface area contributed by atoms with Crippen LogP contribution in [0.2, 0.25) is 0 Å². The molecule has 0 unspecified atom stereocenters. The lowest BCUT2D eigenvalue weighted by atomic mass is 10.6. The van der Waals surface area contributed by atoms with E-state index in [1.807, 2.05) is 5.32 Å². The Balaban J connectivity index is -0.000000244. The molecule has 0 saturated carbocycles. The fraction of sp³-hybridized carbons (Fsp3) is 0.400. The first-order valence-electron chi connectivity index (χ1n) is 5.20. The summed E-state index contributed by atoms with van der Waals surface area (Å²) < 4.78 is 0. The van der Waals surface area contributed by atoms with Crippen LogP contribution in [0.25, 0.3) is 0 Å². The molecule has 1 heterocycles. The number of rotatable bonds is 0. The van der Waals surface area contributed by atoms with Crippen molar-refractivity contribution >= 4 is 29.6 Å². The van der Waals surface area contributed by atoms with Crippen LogP contribution >= 0.6 is 0 Å². The van der Waals surface area contributed by atoms with Gasteiger partial charge in [0.1, 0.15) is 11.6 Å². The van der Waals surface area contributed by atoms with E-state index in [0.717, 1.165) is 0 Å². The minimum absolute atomic E-state index is 0. The quantitative estimate of drug-likeness (QED) is 0.229. The second kappa shape index (κ2) is 12.1. The monoisotopic (exact) mass is 300 g/mol. The number of Topliss-reactive ketones (excluding diaryl/α,β-unsaturated/α-hetero) is 1. The van der Waals surface area contributed by atoms with Gasteiger partial charge < -0.3 is 27.7 Å². The lowest BCUT2D eigenvalue weighted by molar-refractivity contribution is -0.114. The Labute approximate surface area is 123 Å². The fourth-order valence-corrected chi connectivity index (χ4v) is 0.669. The van der Waals surface area contributed by atoms with Gasteiger partial charge in [0.05, 0.1) is 0 Å². The van der Waals surface area contributed by atoms with E-state index >= 15 is 0 Å². The summed E-state index contributed by atoms with van der Waals surface area (Å²) in [5, 5.41) is 15.0. The Hall–Kier alpha value is -2.98. The van der Waals surface area contributed by atoms with Crippen molar-refractivity contribution in [2.45, 2.75) is 28.2 Å². The topological polar surface area (TPSA) is 220 Å². The molecular formula is C10H24N10O. The van der Waals surface area contributed by atoms with Gasteiger partial charge in [-0.25, -0.2) is 0 Å². The van der Waals surface area contributed by atoms with Gasteiger partial charge >= 0.3 is 0 Å². The van der Waals surface area contributed by atoms with Crippen molar-refractivity contribution in [2.75, 3.05) is 11.5 Å². The van der Waals surface area contributed by atoms with E-state index in [9.17, 15) is 4.79 Å². The molecular weight excluding hydrogens is 276 g/mol. The van der Waals surface area contributed by atoms with Crippen molar-refractivity contribution in [3.8, 4) is 0 Å². The summed E-state index contributed by atoms with van der Waals surface area (Å²) in [5.74, 6) is 0.417. The van der Waals surface area contributed by atoms with Crippen LogP contribution in [-0.2, 0) is 4.79 Å². The average Bonchev–Trinajstić information content (AvgIpc) is 2.11. The van der Waals surface area contributed by atoms with E-state index in [4.69, 9.17) is 33.8 Å². The zero-order valence-electron chi connectivity index (χ0n) is 11.6. The SMILES string of the molecule is C.CC(C)=O.Cc1nc(N)nc(N)n1.N=C(N)NC(=N)N. The van der Waals surface area contributed by atoms with Crippen LogP contribution in [0.4, 0.5) is 11.9 Å². The summed E-state index contributed by atoms with van der Waals surface area (Å²) in [6, 6.07) is 0. The number of nitrogens with zero attached hydrogens (tertiary/aromatic N) is 3. The van der Waals surface area contributed by atoms with Crippen LogP contribution < -0.4 is 28.3 Å². The maximum absolute atomic E-state index is 9.44. The molecule has 0 aliphatic heterocycles. The Morgan fingerprint density at radius 3 is 1.43 bits per heavy atom. The van der Waals surface area contributed by atoms with Crippen LogP contribution in [0.15, 0.2) is 0 Å². The molecule has 11 nitrogen and oxygen atoms in total. The number of hydrogen-bond donors (Lipinski definition) is 7. The van der Waals surface area contributed by atoms with E-state index in [1.54, 1.807) is 6.92 Å². The van der Waals surface area contributed by atoms with Gasteiger partial charge in [0.2, 0.25) is 11.9 Å². The molecule has 21 heavy (non-hydrogen) atoms. The van der Waals surface area contributed by atoms with E-state index in [1.165, 1.54) is 13.8 Å². The molecule has 1 aromatic heterocycles. The van der Waals surface area contributed by atoms with Gasteiger partial charge in [-0.2, -0.15) is 15.0 Å². The molecule has 0 amide bonds. The largest absolute Gasteiger partial charge is 0.370 e. The van der Waals surface area contributed by atoms with Gasteiger partial charge in [0.25, 0.3) is 0 Å². The van der Waals surface area contributed by atoms with Crippen LogP contribution in [0.3, 0.4) is 0 Å². The highest BCUT2D eigenvalue weighted by molar-refractivity contribution is 5.93. The number of carbonyl (C=O) groups is 1. The average molecular weight is 300 g/mol. The van der Waals surface area contributed by atoms with E-state index in [0.29, 0.717) is 5.82 Å². The zero-order valence-corrected chi connectivity index (χ0v) is 11.6. The molecule has 120 valence electrons. The normalized spacial score (nSPS) is 7.76. The number of aromatic nitrogens is 3. The van der Waals surface area contributed by atoms with Crippen LogP contribution in [-0.4, -0.2) is 32.7 Å². The molecule has 0 fully saturated rings. The highest BCUT2D eigenvalue weighted by Crippen LogP contribution is 1.94. The van der Waals surface area contributed by atoms with Crippen molar-refractivity contribution in [3.63, 3.8) is 0 Å². The second-order valence-corrected chi connectivity index (χ2v) is 3.46. The Morgan fingerprint density at radius 2 is 1.29 bits per heavy atom. The predicted octanol–water partition coefficient (Wildman–Crippen LogP) is -1.06. The molecule has 0 bridgehead atoms. The summed E-state index contributed by atoms with van der Waals surface area (Å²) >= 11 is 0. The Morgan fingerprint density at radius 1 is 1.00 bits per heavy atom. The number of nitrogens with two attached hydrogens (primary N) is 4. The second-order valence-electron chi connectivity index (χ2n) is 3.46. The molecule has 11 heteroatoms. The van der Waals surface area contributed by atoms with Gasteiger partial charge in [-0.15, -0.1) is 0 Å². The standard InChI is InChI=1S/C4H7N5.C3H6O.C2H7N5.CH4/c1-2-7-3(5)9-4(6)8-2;1-3(2)4;3-1(4)7-2(5)6;/h1H3,(H4,5,6,7,8,9);1-2H3;(H7,3,4,5,6,7);1H4. The Kier molecular flexibility index (Phi) is 13.3. The van der Waals surface area contributed by atoms with Gasteiger partial charge in [0.15, 0.2) is 11.9 Å². The van der Waals surface area contributed by atoms with E-state index in [-0.39, 0.29) is 37.0 Å². The summed E-state index contributed by atoms with van der Waals surface area (Å²) in [4.78, 5) is 20.4. The van der Waals surface area contributed by atoms with E-state index < -0.39 is 0 Å². The third kappa shape index (κ3) is 22.7. The molecule has 0 atom stereocenters. The number of ketones is 1. The highest BCUT2D eigenvalue weighted by atomic mass is 16.1. The Bertz CT molecular complexity index is 406. The fourth-order valence-electron chi connectivity index (χ4n) is 0.669. The van der Waals surface area contributed by atoms with Crippen molar-refractivity contribution in [2.24, 2.45) is 11.5 Å².